The molecule has 18 heavy (non-hydrogen) atoms. The number of rotatable bonds is 2. The molecule has 1 fully saturated rings. The van der Waals surface area contributed by atoms with Crippen LogP contribution in [0.3, 0.4) is 0 Å². The van der Waals surface area contributed by atoms with Gasteiger partial charge in [-0.05, 0) is 34.2 Å². The minimum Gasteiger partial charge on any atom is -0.398 e. The molecule has 1 aliphatic rings. The van der Waals surface area contributed by atoms with E-state index < -0.39 is 0 Å². The molecule has 0 spiro atoms. The molecule has 1 aliphatic heterocycles. The van der Waals surface area contributed by atoms with Gasteiger partial charge in [-0.3, -0.25) is 0 Å². The lowest BCUT2D eigenvalue weighted by molar-refractivity contribution is 0.122. The van der Waals surface area contributed by atoms with E-state index in [0.717, 1.165) is 42.9 Å². The van der Waals surface area contributed by atoms with Crippen LogP contribution in [0, 0.1) is 0 Å². The summed E-state index contributed by atoms with van der Waals surface area (Å²) in [4.78, 5) is 2.31. The summed E-state index contributed by atoms with van der Waals surface area (Å²) in [5.74, 6) is 0. The number of anilines is 2. The number of morpholine rings is 1. The highest BCUT2D eigenvalue weighted by Crippen LogP contribution is 2.34. The molecule has 96 valence electrons. The van der Waals surface area contributed by atoms with Crippen molar-refractivity contribution in [1.29, 1.82) is 0 Å². The Bertz CT molecular complexity index is 567. The van der Waals surface area contributed by atoms with Crippen molar-refractivity contribution in [2.75, 3.05) is 36.9 Å². The van der Waals surface area contributed by atoms with Crippen molar-refractivity contribution in [2.45, 2.75) is 0 Å². The van der Waals surface area contributed by atoms with E-state index in [-0.39, 0.29) is 0 Å². The number of hydrogen-bond donors (Lipinski definition) is 1. The van der Waals surface area contributed by atoms with Gasteiger partial charge in [0.1, 0.15) is 0 Å². The van der Waals surface area contributed by atoms with Crippen LogP contribution in [0.15, 0.2) is 18.3 Å². The second kappa shape index (κ2) is 5.19. The highest BCUT2D eigenvalue weighted by atomic mass is 127. The van der Waals surface area contributed by atoms with Gasteiger partial charge in [-0.15, -0.1) is 0 Å². The number of nitrogen functional groups attached to an aromatic ring is 1. The largest absolute Gasteiger partial charge is 0.398 e. The van der Waals surface area contributed by atoms with Gasteiger partial charge in [0.05, 0.1) is 31.3 Å². The minimum atomic E-state index is 0.587. The number of benzene rings is 1. The number of hydrogen-bond acceptors (Lipinski definition) is 4. The number of fused-ring (bicyclic) bond motifs is 1. The third-order valence-electron chi connectivity index (χ3n) is 3.16. The highest BCUT2D eigenvalue weighted by molar-refractivity contribution is 14.2. The van der Waals surface area contributed by atoms with E-state index in [1.807, 2.05) is 16.7 Å². The molecule has 2 heterocycles. The SMILES string of the molecule is Nc1cc(N2CCOCC2)cc2c1cnn2PI. The smallest absolute Gasteiger partial charge is 0.0770 e. The predicted octanol–water partition coefficient (Wildman–Crippen LogP) is 2.25. The Balaban J connectivity index is 2.06. The van der Waals surface area contributed by atoms with Gasteiger partial charge in [0.25, 0.3) is 0 Å². The van der Waals surface area contributed by atoms with E-state index in [1.54, 1.807) is 0 Å². The fourth-order valence-corrected chi connectivity index (χ4v) is 3.74. The van der Waals surface area contributed by atoms with Crippen LogP contribution in [-0.2, 0) is 4.74 Å². The van der Waals surface area contributed by atoms with Gasteiger partial charge in [0.15, 0.2) is 0 Å². The lowest BCUT2D eigenvalue weighted by atomic mass is 10.2. The van der Waals surface area contributed by atoms with Crippen LogP contribution in [0.5, 0.6) is 0 Å². The van der Waals surface area contributed by atoms with E-state index in [1.165, 1.54) is 5.69 Å². The highest BCUT2D eigenvalue weighted by Gasteiger charge is 2.14. The molecular formula is C11H14IN4OP. The zero-order valence-electron chi connectivity index (χ0n) is 9.77. The van der Waals surface area contributed by atoms with Crippen molar-refractivity contribution in [3.8, 4) is 0 Å². The molecule has 1 atom stereocenters. The molecule has 0 bridgehead atoms. The van der Waals surface area contributed by atoms with Crippen LogP contribution in [0.2, 0.25) is 0 Å². The molecule has 0 saturated carbocycles. The molecular weight excluding hydrogens is 362 g/mol. The number of nitrogens with two attached hydrogens (primary N) is 1. The van der Waals surface area contributed by atoms with Crippen molar-refractivity contribution in [3.63, 3.8) is 0 Å². The average molecular weight is 376 g/mol. The number of halogens is 1. The summed E-state index contributed by atoms with van der Waals surface area (Å²) in [6, 6.07) is 4.21. The average Bonchev–Trinajstić information content (AvgIpc) is 2.83. The van der Waals surface area contributed by atoms with Crippen molar-refractivity contribution in [3.05, 3.63) is 18.3 Å². The summed E-state index contributed by atoms with van der Waals surface area (Å²) < 4.78 is 7.37. The number of aromatic nitrogens is 2. The third kappa shape index (κ3) is 2.17. The van der Waals surface area contributed by atoms with E-state index >= 15 is 0 Å². The molecule has 2 N–H and O–H groups in total. The predicted molar refractivity (Wildman–Crippen MR) is 84.9 cm³/mol. The van der Waals surface area contributed by atoms with Gasteiger partial charge in [-0.1, -0.05) is 0 Å². The summed E-state index contributed by atoms with van der Waals surface area (Å²) in [5, 5.41) is 5.40. The van der Waals surface area contributed by atoms with Crippen LogP contribution < -0.4 is 10.6 Å². The van der Waals surface area contributed by atoms with E-state index in [4.69, 9.17) is 10.5 Å². The normalized spacial score (nSPS) is 17.1. The minimum absolute atomic E-state index is 0.587. The van der Waals surface area contributed by atoms with Crippen LogP contribution in [0.25, 0.3) is 10.9 Å². The van der Waals surface area contributed by atoms with Gasteiger partial charge in [0.2, 0.25) is 0 Å². The standard InChI is InChI=1S/C11H14IN4OP/c12-18-16-11-6-8(15-1-3-17-4-2-15)5-10(13)9(11)7-14-16/h5-7,18H,1-4,13H2. The molecule has 0 radical (unpaired) electrons. The molecule has 1 saturated heterocycles. The second-order valence-corrected chi connectivity index (χ2v) is 6.25. The molecule has 1 aromatic carbocycles. The molecule has 1 unspecified atom stereocenters. The third-order valence-corrected chi connectivity index (χ3v) is 5.05. The first-order valence-electron chi connectivity index (χ1n) is 5.76. The van der Waals surface area contributed by atoms with Gasteiger partial charge < -0.3 is 15.4 Å². The maximum atomic E-state index is 6.12. The summed E-state index contributed by atoms with van der Waals surface area (Å²) in [5.41, 5.74) is 9.20. The Morgan fingerprint density at radius 3 is 2.83 bits per heavy atom. The fraction of sp³-hybridized carbons (Fsp3) is 0.364. The van der Waals surface area contributed by atoms with Crippen molar-refractivity contribution < 1.29 is 4.74 Å². The Labute approximate surface area is 120 Å². The first kappa shape index (κ1) is 12.4. The van der Waals surface area contributed by atoms with Gasteiger partial charge in [-0.2, -0.15) is 5.10 Å². The summed E-state index contributed by atoms with van der Waals surface area (Å²) in [7, 11) is 0. The summed E-state index contributed by atoms with van der Waals surface area (Å²) in [6.45, 7) is 3.41. The van der Waals surface area contributed by atoms with Crippen molar-refractivity contribution in [2.24, 2.45) is 0 Å². The topological polar surface area (TPSA) is 56.3 Å². The van der Waals surface area contributed by atoms with E-state index in [9.17, 15) is 0 Å². The summed E-state index contributed by atoms with van der Waals surface area (Å²) in [6.07, 6.45) is 2.43. The summed E-state index contributed by atoms with van der Waals surface area (Å²) >= 11 is 2.33. The molecule has 0 amide bonds. The Kier molecular flexibility index (Phi) is 3.59. The van der Waals surface area contributed by atoms with Gasteiger partial charge >= 0.3 is 0 Å². The zero-order valence-corrected chi connectivity index (χ0v) is 12.9. The molecule has 5 nitrogen and oxygen atoms in total. The van der Waals surface area contributed by atoms with Crippen LogP contribution in [0.1, 0.15) is 0 Å². The van der Waals surface area contributed by atoms with Gasteiger partial charge in [0, 0.05) is 29.9 Å². The maximum Gasteiger partial charge on any atom is 0.0770 e. The molecule has 0 aliphatic carbocycles. The second-order valence-electron chi connectivity index (χ2n) is 4.21. The number of ether oxygens (including phenoxy) is 1. The molecule has 7 heteroatoms. The van der Waals surface area contributed by atoms with Crippen LogP contribution in [-0.4, -0.2) is 35.9 Å². The van der Waals surface area contributed by atoms with Gasteiger partial charge in [-0.25, -0.2) is 4.45 Å². The Hall–Kier alpha value is -0.590. The first-order chi connectivity index (χ1) is 8.79. The maximum absolute atomic E-state index is 6.12. The number of nitrogens with zero attached hydrogens (tertiary/aromatic N) is 3. The molecule has 2 aromatic rings. The lowest BCUT2D eigenvalue weighted by Crippen LogP contribution is -2.36. The zero-order chi connectivity index (χ0) is 12.5. The Morgan fingerprint density at radius 2 is 2.11 bits per heavy atom. The molecule has 3 rings (SSSR count). The monoisotopic (exact) mass is 376 g/mol. The quantitative estimate of drug-likeness (QED) is 0.496. The van der Waals surface area contributed by atoms with E-state index in [2.05, 4.69) is 38.1 Å². The van der Waals surface area contributed by atoms with Crippen molar-refractivity contribution in [1.82, 2.24) is 9.55 Å². The van der Waals surface area contributed by atoms with Crippen molar-refractivity contribution >= 4 is 50.7 Å². The first-order valence-corrected chi connectivity index (χ1v) is 9.82. The Morgan fingerprint density at radius 1 is 1.33 bits per heavy atom. The lowest BCUT2D eigenvalue weighted by Gasteiger charge is -2.29. The van der Waals surface area contributed by atoms with Crippen LogP contribution >= 0.6 is 28.4 Å². The van der Waals surface area contributed by atoms with E-state index in [0.29, 0.717) is 6.37 Å². The fourth-order valence-electron chi connectivity index (χ4n) is 2.21. The van der Waals surface area contributed by atoms with Crippen LogP contribution in [0.4, 0.5) is 11.4 Å². The molecule has 1 aromatic heterocycles.